The number of aliphatic hydroxyl groups excluding tert-OH is 1. The number of rotatable bonds is 5. The summed E-state index contributed by atoms with van der Waals surface area (Å²) in [6, 6.07) is 3.26. The Morgan fingerprint density at radius 1 is 1.42 bits per heavy atom. The fraction of sp³-hybridized carbons (Fsp3) is 0.333. The van der Waals surface area contributed by atoms with Gasteiger partial charge in [-0.15, -0.1) is 0 Å². The van der Waals surface area contributed by atoms with Crippen molar-refractivity contribution in [1.29, 1.82) is 0 Å². The molecule has 104 valence electrons. The predicted octanol–water partition coefficient (Wildman–Crippen LogP) is 1.61. The molecule has 0 aliphatic heterocycles. The SMILES string of the molecule is Cc1ccc(Cl)c(NC(=O)NC(CCO)C(=O)O)c1. The molecule has 1 aromatic rings. The lowest BCUT2D eigenvalue weighted by atomic mass is 10.2. The van der Waals surface area contributed by atoms with E-state index in [2.05, 4.69) is 10.6 Å². The summed E-state index contributed by atoms with van der Waals surface area (Å²) in [5.41, 5.74) is 1.30. The first-order chi connectivity index (χ1) is 8.93. The molecule has 7 heteroatoms. The van der Waals surface area contributed by atoms with Crippen molar-refractivity contribution < 1.29 is 19.8 Å². The number of carboxylic acid groups (broad SMARTS) is 1. The lowest BCUT2D eigenvalue weighted by Gasteiger charge is -2.14. The number of halogens is 1. The molecular weight excluding hydrogens is 272 g/mol. The largest absolute Gasteiger partial charge is 0.480 e. The van der Waals surface area contributed by atoms with Crippen molar-refractivity contribution in [1.82, 2.24) is 5.32 Å². The summed E-state index contributed by atoms with van der Waals surface area (Å²) in [7, 11) is 0. The molecule has 0 aliphatic carbocycles. The monoisotopic (exact) mass is 286 g/mol. The Balaban J connectivity index is 2.68. The summed E-state index contributed by atoms with van der Waals surface area (Å²) in [6.07, 6.45) is -0.0652. The van der Waals surface area contributed by atoms with E-state index in [1.54, 1.807) is 18.2 Å². The Morgan fingerprint density at radius 2 is 2.11 bits per heavy atom. The number of anilines is 1. The Morgan fingerprint density at radius 3 is 2.68 bits per heavy atom. The van der Waals surface area contributed by atoms with Gasteiger partial charge < -0.3 is 20.8 Å². The first-order valence-electron chi connectivity index (χ1n) is 5.61. The van der Waals surface area contributed by atoms with E-state index in [4.69, 9.17) is 21.8 Å². The molecule has 0 radical (unpaired) electrons. The van der Waals surface area contributed by atoms with Crippen LogP contribution < -0.4 is 10.6 Å². The van der Waals surface area contributed by atoms with Gasteiger partial charge in [0.25, 0.3) is 0 Å². The number of carboxylic acids is 1. The number of aliphatic carboxylic acids is 1. The second-order valence-corrected chi connectivity index (χ2v) is 4.39. The summed E-state index contributed by atoms with van der Waals surface area (Å²) in [6.45, 7) is 1.51. The van der Waals surface area contributed by atoms with Crippen molar-refractivity contribution in [2.24, 2.45) is 0 Å². The third kappa shape index (κ3) is 4.76. The molecule has 0 saturated carbocycles. The Hall–Kier alpha value is -1.79. The maximum absolute atomic E-state index is 11.6. The number of carbonyl (C=O) groups excluding carboxylic acids is 1. The molecule has 0 saturated heterocycles. The summed E-state index contributed by atoms with van der Waals surface area (Å²) in [5, 5.41) is 22.6. The van der Waals surface area contributed by atoms with Gasteiger partial charge in [0, 0.05) is 13.0 Å². The molecule has 0 bridgehead atoms. The van der Waals surface area contributed by atoms with Crippen molar-refractivity contribution in [2.75, 3.05) is 11.9 Å². The van der Waals surface area contributed by atoms with Crippen LogP contribution in [0.4, 0.5) is 10.5 Å². The van der Waals surface area contributed by atoms with Crippen molar-refractivity contribution in [3.05, 3.63) is 28.8 Å². The highest BCUT2D eigenvalue weighted by Gasteiger charge is 2.19. The molecule has 1 rings (SSSR count). The van der Waals surface area contributed by atoms with E-state index >= 15 is 0 Å². The zero-order chi connectivity index (χ0) is 14.4. The first-order valence-corrected chi connectivity index (χ1v) is 5.99. The van der Waals surface area contributed by atoms with Gasteiger partial charge in [0.1, 0.15) is 6.04 Å². The molecule has 0 spiro atoms. The Kier molecular flexibility index (Phi) is 5.59. The van der Waals surface area contributed by atoms with Gasteiger partial charge in [-0.25, -0.2) is 9.59 Å². The third-order valence-corrected chi connectivity index (χ3v) is 2.72. The number of aliphatic hydroxyl groups is 1. The van der Waals surface area contributed by atoms with Crippen LogP contribution in [0.25, 0.3) is 0 Å². The zero-order valence-corrected chi connectivity index (χ0v) is 11.1. The Bertz CT molecular complexity index is 479. The average Bonchev–Trinajstić information content (AvgIpc) is 2.33. The fourth-order valence-electron chi connectivity index (χ4n) is 1.44. The molecule has 0 aliphatic rings. The summed E-state index contributed by atoms with van der Waals surface area (Å²) < 4.78 is 0. The van der Waals surface area contributed by atoms with E-state index in [-0.39, 0.29) is 13.0 Å². The van der Waals surface area contributed by atoms with Crippen LogP contribution in [0.15, 0.2) is 18.2 Å². The molecule has 0 fully saturated rings. The molecule has 1 atom stereocenters. The number of nitrogens with one attached hydrogen (secondary N) is 2. The van der Waals surface area contributed by atoms with E-state index in [1.807, 2.05) is 6.92 Å². The molecule has 0 heterocycles. The minimum absolute atomic E-state index is 0.0652. The molecule has 6 nitrogen and oxygen atoms in total. The van der Waals surface area contributed by atoms with Crippen molar-refractivity contribution in [3.63, 3.8) is 0 Å². The number of aryl methyl sites for hydroxylation is 1. The maximum atomic E-state index is 11.6. The van der Waals surface area contributed by atoms with Gasteiger partial charge in [-0.1, -0.05) is 17.7 Å². The second kappa shape index (κ2) is 6.96. The van der Waals surface area contributed by atoms with Gasteiger partial charge in [0.05, 0.1) is 10.7 Å². The van der Waals surface area contributed by atoms with Gasteiger partial charge in [-0.3, -0.25) is 0 Å². The molecule has 4 N–H and O–H groups in total. The number of hydrogen-bond acceptors (Lipinski definition) is 3. The van der Waals surface area contributed by atoms with E-state index in [1.165, 1.54) is 0 Å². The van der Waals surface area contributed by atoms with E-state index in [0.29, 0.717) is 10.7 Å². The van der Waals surface area contributed by atoms with Crippen LogP contribution >= 0.6 is 11.6 Å². The van der Waals surface area contributed by atoms with Gasteiger partial charge >= 0.3 is 12.0 Å². The highest BCUT2D eigenvalue weighted by atomic mass is 35.5. The maximum Gasteiger partial charge on any atom is 0.326 e. The summed E-state index contributed by atoms with van der Waals surface area (Å²) in [4.78, 5) is 22.5. The highest BCUT2D eigenvalue weighted by molar-refractivity contribution is 6.33. The van der Waals surface area contributed by atoms with Crippen LogP contribution in [0.2, 0.25) is 5.02 Å². The normalized spacial score (nSPS) is 11.7. The van der Waals surface area contributed by atoms with Gasteiger partial charge in [-0.2, -0.15) is 0 Å². The van der Waals surface area contributed by atoms with Crippen molar-refractivity contribution in [3.8, 4) is 0 Å². The number of benzene rings is 1. The summed E-state index contributed by atoms with van der Waals surface area (Å²) in [5.74, 6) is -1.21. The zero-order valence-electron chi connectivity index (χ0n) is 10.3. The highest BCUT2D eigenvalue weighted by Crippen LogP contribution is 2.22. The number of amides is 2. The third-order valence-electron chi connectivity index (χ3n) is 2.39. The molecule has 19 heavy (non-hydrogen) atoms. The van der Waals surface area contributed by atoms with Gasteiger partial charge in [0.2, 0.25) is 0 Å². The Labute approximate surface area is 115 Å². The predicted molar refractivity (Wildman–Crippen MR) is 71.5 cm³/mol. The molecule has 2 amide bonds. The molecule has 0 aromatic heterocycles. The van der Waals surface area contributed by atoms with Crippen LogP contribution in [-0.2, 0) is 4.79 Å². The minimum atomic E-state index is -1.21. The van der Waals surface area contributed by atoms with Crippen LogP contribution in [0.3, 0.4) is 0 Å². The van der Waals surface area contributed by atoms with E-state index in [9.17, 15) is 9.59 Å². The number of carbonyl (C=O) groups is 2. The van der Waals surface area contributed by atoms with Crippen molar-refractivity contribution >= 4 is 29.3 Å². The minimum Gasteiger partial charge on any atom is -0.480 e. The first kappa shape index (κ1) is 15.3. The van der Waals surface area contributed by atoms with Gasteiger partial charge in [0.15, 0.2) is 0 Å². The lowest BCUT2D eigenvalue weighted by molar-refractivity contribution is -0.139. The standard InChI is InChI=1S/C12H15ClN2O4/c1-7-2-3-8(13)10(6-7)15-12(19)14-9(4-5-16)11(17)18/h2-3,6,9,16H,4-5H2,1H3,(H,17,18)(H2,14,15,19). The molecule has 1 unspecified atom stereocenters. The van der Waals surface area contributed by atoms with E-state index in [0.717, 1.165) is 5.56 Å². The smallest absolute Gasteiger partial charge is 0.326 e. The number of urea groups is 1. The number of hydrogen-bond donors (Lipinski definition) is 4. The summed E-state index contributed by atoms with van der Waals surface area (Å²) >= 11 is 5.90. The average molecular weight is 287 g/mol. The second-order valence-electron chi connectivity index (χ2n) is 3.98. The van der Waals surface area contributed by atoms with Crippen LogP contribution in [0.5, 0.6) is 0 Å². The van der Waals surface area contributed by atoms with Crippen LogP contribution in [-0.4, -0.2) is 34.9 Å². The molecule has 1 aromatic carbocycles. The van der Waals surface area contributed by atoms with Crippen molar-refractivity contribution in [2.45, 2.75) is 19.4 Å². The van der Waals surface area contributed by atoms with Gasteiger partial charge in [-0.05, 0) is 24.6 Å². The molecular formula is C12H15ClN2O4. The lowest BCUT2D eigenvalue weighted by Crippen LogP contribution is -2.43. The topological polar surface area (TPSA) is 98.7 Å². The van der Waals surface area contributed by atoms with Crippen LogP contribution in [0.1, 0.15) is 12.0 Å². The van der Waals surface area contributed by atoms with Crippen LogP contribution in [0, 0.1) is 6.92 Å². The fourth-order valence-corrected chi connectivity index (χ4v) is 1.60. The van der Waals surface area contributed by atoms with E-state index < -0.39 is 18.0 Å². The quantitative estimate of drug-likeness (QED) is 0.661.